The molecule has 5 heteroatoms. The lowest BCUT2D eigenvalue weighted by molar-refractivity contribution is -0.137. The fourth-order valence-electron chi connectivity index (χ4n) is 1.40. The van der Waals surface area contributed by atoms with Crippen LogP contribution in [0.4, 0.5) is 0 Å². The summed E-state index contributed by atoms with van der Waals surface area (Å²) in [6.45, 7) is 1.61. The second-order valence-corrected chi connectivity index (χ2v) is 2.97. The molecule has 0 N–H and O–H groups in total. The van der Waals surface area contributed by atoms with Gasteiger partial charge in [-0.05, 0) is 13.3 Å². The summed E-state index contributed by atoms with van der Waals surface area (Å²) >= 11 is 0. The van der Waals surface area contributed by atoms with Crippen molar-refractivity contribution in [3.8, 4) is 0 Å². The molecule has 0 aromatic heterocycles. The maximum absolute atomic E-state index is 11.2. The van der Waals surface area contributed by atoms with Crippen LogP contribution in [-0.4, -0.2) is 29.4 Å². The maximum Gasteiger partial charge on any atom is 0.421 e. The minimum Gasteiger partial charge on any atom is -0.460 e. The number of methoxy groups -OCH3 is 1. The van der Waals surface area contributed by atoms with Gasteiger partial charge in [0.2, 0.25) is 0 Å². The summed E-state index contributed by atoms with van der Waals surface area (Å²) in [5, 5.41) is 0. The van der Waals surface area contributed by atoms with Crippen molar-refractivity contribution in [1.82, 2.24) is 0 Å². The Balaban J connectivity index is 3.11. The Morgan fingerprint density at radius 3 is 2.50 bits per heavy atom. The lowest BCUT2D eigenvalue weighted by atomic mass is 10.1. The molecule has 5 nitrogen and oxygen atoms in total. The molecule has 1 rings (SSSR count). The number of hydrogen-bond donors (Lipinski definition) is 0. The molecule has 1 aliphatic carbocycles. The van der Waals surface area contributed by atoms with Crippen LogP contribution in [0.2, 0.25) is 0 Å². The van der Waals surface area contributed by atoms with Crippen LogP contribution >= 0.6 is 0 Å². The van der Waals surface area contributed by atoms with Crippen molar-refractivity contribution in [1.29, 1.82) is 0 Å². The fraction of sp³-hybridized carbons (Fsp3) is 0.444. The highest BCUT2D eigenvalue weighted by atomic mass is 16.5. The van der Waals surface area contributed by atoms with Crippen LogP contribution in [0.3, 0.4) is 0 Å². The van der Waals surface area contributed by atoms with E-state index < -0.39 is 5.97 Å². The molecule has 0 bridgehead atoms. The van der Waals surface area contributed by atoms with Crippen molar-refractivity contribution < 1.29 is 19.1 Å². The predicted molar refractivity (Wildman–Crippen MR) is 47.6 cm³/mol. The van der Waals surface area contributed by atoms with Gasteiger partial charge < -0.3 is 10.3 Å². The Morgan fingerprint density at radius 2 is 2.14 bits per heavy atom. The van der Waals surface area contributed by atoms with Gasteiger partial charge in [-0.25, -0.2) is 4.79 Å². The van der Waals surface area contributed by atoms with Crippen LogP contribution in [0.15, 0.2) is 11.1 Å². The van der Waals surface area contributed by atoms with Gasteiger partial charge in [0, 0.05) is 12.0 Å². The lowest BCUT2D eigenvalue weighted by Gasteiger charge is -1.95. The smallest absolute Gasteiger partial charge is 0.421 e. The summed E-state index contributed by atoms with van der Waals surface area (Å²) < 4.78 is 4.42. The quantitative estimate of drug-likeness (QED) is 0.278. The van der Waals surface area contributed by atoms with E-state index in [1.54, 1.807) is 6.92 Å². The first-order valence-corrected chi connectivity index (χ1v) is 4.15. The summed E-state index contributed by atoms with van der Waals surface area (Å²) in [7, 11) is 1.19. The molecule has 0 spiro atoms. The summed E-state index contributed by atoms with van der Waals surface area (Å²) in [4.78, 5) is 25.2. The Labute approximate surface area is 81.0 Å². The Hall–Kier alpha value is -1.74. The zero-order chi connectivity index (χ0) is 10.7. The van der Waals surface area contributed by atoms with Gasteiger partial charge in [0.1, 0.15) is 0 Å². The molecule has 0 aromatic carbocycles. The Kier molecular flexibility index (Phi) is 2.94. The number of esters is 1. The summed E-state index contributed by atoms with van der Waals surface area (Å²) in [6.07, 6.45) is 0.788. The van der Waals surface area contributed by atoms with Crippen molar-refractivity contribution in [3.05, 3.63) is 16.7 Å². The van der Waals surface area contributed by atoms with Crippen molar-refractivity contribution in [2.45, 2.75) is 19.8 Å². The topological polar surface area (TPSA) is 79.8 Å². The zero-order valence-corrected chi connectivity index (χ0v) is 8.03. The van der Waals surface area contributed by atoms with Crippen LogP contribution in [0.5, 0.6) is 0 Å². The van der Waals surface area contributed by atoms with E-state index in [0.29, 0.717) is 24.0 Å². The first-order valence-electron chi connectivity index (χ1n) is 4.15. The highest BCUT2D eigenvalue weighted by Gasteiger charge is 2.33. The molecule has 0 fully saturated rings. The summed E-state index contributed by atoms with van der Waals surface area (Å²) in [5.41, 5.74) is 9.41. The number of rotatable bonds is 2. The van der Waals surface area contributed by atoms with Gasteiger partial charge in [-0.15, -0.1) is 0 Å². The normalized spacial score (nSPS) is 15.4. The molecule has 0 unspecified atom stereocenters. The largest absolute Gasteiger partial charge is 0.460 e. The van der Waals surface area contributed by atoms with E-state index in [1.165, 1.54) is 7.11 Å². The third kappa shape index (κ3) is 1.63. The van der Waals surface area contributed by atoms with Crippen LogP contribution in [0.1, 0.15) is 19.8 Å². The van der Waals surface area contributed by atoms with Crippen LogP contribution < -0.4 is 0 Å². The molecule has 0 heterocycles. The maximum atomic E-state index is 11.2. The Morgan fingerprint density at radius 1 is 1.50 bits per heavy atom. The third-order valence-corrected chi connectivity index (χ3v) is 2.24. The molecule has 0 saturated carbocycles. The van der Waals surface area contributed by atoms with Crippen LogP contribution in [0, 0.1) is 0 Å². The van der Waals surface area contributed by atoms with Gasteiger partial charge in [0.15, 0.2) is 5.78 Å². The minimum absolute atomic E-state index is 0.0231. The van der Waals surface area contributed by atoms with Crippen molar-refractivity contribution in [3.63, 3.8) is 0 Å². The van der Waals surface area contributed by atoms with E-state index in [-0.39, 0.29) is 11.5 Å². The van der Waals surface area contributed by atoms with E-state index in [4.69, 9.17) is 5.53 Å². The van der Waals surface area contributed by atoms with Gasteiger partial charge in [0.25, 0.3) is 0 Å². The Bertz CT molecular complexity index is 376. The van der Waals surface area contributed by atoms with Crippen molar-refractivity contribution in [2.24, 2.45) is 0 Å². The second kappa shape index (κ2) is 3.98. The number of ketones is 1. The fourth-order valence-corrected chi connectivity index (χ4v) is 1.40. The van der Waals surface area contributed by atoms with E-state index in [9.17, 15) is 9.59 Å². The number of hydrogen-bond acceptors (Lipinski definition) is 3. The van der Waals surface area contributed by atoms with E-state index >= 15 is 0 Å². The highest BCUT2D eigenvalue weighted by molar-refractivity contribution is 6.42. The highest BCUT2D eigenvalue weighted by Crippen LogP contribution is 2.23. The molecule has 0 radical (unpaired) electrons. The number of Topliss-reactive ketones (excluding diaryl/α,β-unsaturated/α-hetero) is 1. The van der Waals surface area contributed by atoms with Gasteiger partial charge in [-0.1, -0.05) is 0 Å². The zero-order valence-electron chi connectivity index (χ0n) is 8.03. The number of carbonyl (C=O) groups is 2. The molecule has 0 aliphatic heterocycles. The first kappa shape index (κ1) is 10.3. The molecular weight excluding hydrogens is 184 g/mol. The molecule has 0 aromatic rings. The molecule has 14 heavy (non-hydrogen) atoms. The molecule has 74 valence electrons. The molecule has 1 aliphatic rings. The van der Waals surface area contributed by atoms with E-state index in [1.807, 2.05) is 0 Å². The van der Waals surface area contributed by atoms with Gasteiger partial charge in [0.05, 0.1) is 12.7 Å². The third-order valence-electron chi connectivity index (χ3n) is 2.24. The van der Waals surface area contributed by atoms with E-state index in [2.05, 4.69) is 9.53 Å². The number of ether oxygens (including phenoxy) is 1. The van der Waals surface area contributed by atoms with E-state index in [0.717, 1.165) is 0 Å². The standard InChI is InChI=1S/C9H10N2O3/c1-5-6(3-4-7(5)12)8(11-10)9(13)14-2/h3-4H2,1-2H3. The summed E-state index contributed by atoms with van der Waals surface area (Å²) in [5.74, 6) is -0.749. The summed E-state index contributed by atoms with van der Waals surface area (Å²) in [6, 6.07) is 0. The molecule has 0 atom stereocenters. The average molecular weight is 194 g/mol. The molecule has 0 amide bonds. The van der Waals surface area contributed by atoms with Crippen LogP contribution in [0.25, 0.3) is 5.53 Å². The first-order chi connectivity index (χ1) is 6.61. The number of carbonyl (C=O) groups excluding carboxylic acids is 2. The monoisotopic (exact) mass is 194 g/mol. The number of allylic oxidation sites excluding steroid dienone is 1. The van der Waals surface area contributed by atoms with Crippen molar-refractivity contribution in [2.75, 3.05) is 7.11 Å². The van der Waals surface area contributed by atoms with Crippen molar-refractivity contribution >= 4 is 17.5 Å². The van der Waals surface area contributed by atoms with Gasteiger partial charge in [-0.2, -0.15) is 4.79 Å². The molecular formula is C9H10N2O3. The molecule has 0 saturated heterocycles. The second-order valence-electron chi connectivity index (χ2n) is 2.97. The SMILES string of the molecule is COC(=O)C(=[N+]=[N-])C1=C(C)C(=O)CC1. The van der Waals surface area contributed by atoms with Gasteiger partial charge >= 0.3 is 11.7 Å². The number of nitrogens with zero attached hydrogens (tertiary/aromatic N) is 2. The predicted octanol–water partition coefficient (Wildman–Crippen LogP) is 0.510. The average Bonchev–Trinajstić information content (AvgIpc) is 2.50. The minimum atomic E-state index is -0.725. The van der Waals surface area contributed by atoms with Gasteiger partial charge in [-0.3, -0.25) is 4.79 Å². The van der Waals surface area contributed by atoms with Crippen LogP contribution in [-0.2, 0) is 14.3 Å². The lowest BCUT2D eigenvalue weighted by Crippen LogP contribution is -2.19.